The summed E-state index contributed by atoms with van der Waals surface area (Å²) < 4.78 is 18.2. The van der Waals surface area contributed by atoms with Crippen molar-refractivity contribution in [3.05, 3.63) is 102 Å². The minimum Gasteiger partial charge on any atom is -0.494 e. The maximum Gasteiger partial charge on any atom is 0.229 e. The third-order valence-corrected chi connectivity index (χ3v) is 6.53. The van der Waals surface area contributed by atoms with E-state index in [4.69, 9.17) is 19.0 Å². The minimum atomic E-state index is -0.223. The molecule has 4 aromatic rings. The Hall–Kier alpha value is -4.09. The van der Waals surface area contributed by atoms with E-state index >= 15 is 0 Å². The van der Waals surface area contributed by atoms with Gasteiger partial charge >= 0.3 is 0 Å². The van der Waals surface area contributed by atoms with Gasteiger partial charge in [0.25, 0.3) is 0 Å². The summed E-state index contributed by atoms with van der Waals surface area (Å²) in [6.07, 6.45) is 5.57. The van der Waals surface area contributed by atoms with Gasteiger partial charge in [-0.05, 0) is 67.7 Å². The highest BCUT2D eigenvalue weighted by Crippen LogP contribution is 2.46. The fourth-order valence-electron chi connectivity index (χ4n) is 4.71. The number of rotatable bonds is 10. The quantitative estimate of drug-likeness (QED) is 0.182. The second-order valence-corrected chi connectivity index (χ2v) is 9.23. The van der Waals surface area contributed by atoms with Crippen molar-refractivity contribution in [2.75, 3.05) is 13.2 Å². The predicted octanol–water partition coefficient (Wildman–Crippen LogP) is 7.57. The van der Waals surface area contributed by atoms with Crippen LogP contribution in [0.5, 0.6) is 11.5 Å². The number of fused-ring (bicyclic) bond motifs is 3. The number of aliphatic hydroxyl groups excluding tert-OH is 1. The highest BCUT2D eigenvalue weighted by Gasteiger charge is 2.28. The van der Waals surface area contributed by atoms with Gasteiger partial charge in [0.15, 0.2) is 5.76 Å². The topological polar surface area (TPSA) is 68.9 Å². The molecule has 3 aromatic carbocycles. The third-order valence-electron chi connectivity index (χ3n) is 6.53. The summed E-state index contributed by atoms with van der Waals surface area (Å²) in [5.74, 6) is 1.88. The lowest BCUT2D eigenvalue weighted by atomic mass is 9.94. The Balaban J connectivity index is 1.53. The summed E-state index contributed by atoms with van der Waals surface area (Å²) in [4.78, 5) is 13.9. The SMILES string of the molecule is C=C1C=C(C)c2ccc3oc(C(=O)c4cccc(OCCCCCCO)c4)c(-c4ccccc4)c3c2O1. The van der Waals surface area contributed by atoms with Gasteiger partial charge in [-0.15, -0.1) is 0 Å². The van der Waals surface area contributed by atoms with Gasteiger partial charge in [0.05, 0.1) is 12.0 Å². The van der Waals surface area contributed by atoms with Crippen molar-refractivity contribution in [1.82, 2.24) is 0 Å². The van der Waals surface area contributed by atoms with Gasteiger partial charge in [-0.2, -0.15) is 0 Å². The molecule has 1 aliphatic rings. The summed E-state index contributed by atoms with van der Waals surface area (Å²) in [5.41, 5.74) is 4.64. The van der Waals surface area contributed by atoms with E-state index in [2.05, 4.69) is 6.58 Å². The van der Waals surface area contributed by atoms with Crippen LogP contribution in [0.2, 0.25) is 0 Å². The zero-order valence-corrected chi connectivity index (χ0v) is 21.0. The van der Waals surface area contributed by atoms with Gasteiger partial charge in [0.2, 0.25) is 5.78 Å². The molecule has 37 heavy (non-hydrogen) atoms. The maximum atomic E-state index is 13.9. The largest absolute Gasteiger partial charge is 0.494 e. The molecule has 0 amide bonds. The van der Waals surface area contributed by atoms with Gasteiger partial charge in [0.1, 0.15) is 22.8 Å². The van der Waals surface area contributed by atoms with Crippen molar-refractivity contribution in [2.45, 2.75) is 32.6 Å². The van der Waals surface area contributed by atoms with Gasteiger partial charge in [0, 0.05) is 23.3 Å². The lowest BCUT2D eigenvalue weighted by Crippen LogP contribution is -2.04. The van der Waals surface area contributed by atoms with Crippen molar-refractivity contribution in [2.24, 2.45) is 0 Å². The maximum absolute atomic E-state index is 13.9. The number of carbonyl (C=O) groups is 1. The van der Waals surface area contributed by atoms with Gasteiger partial charge in [-0.25, -0.2) is 0 Å². The molecule has 0 saturated carbocycles. The first-order valence-electron chi connectivity index (χ1n) is 12.7. The highest BCUT2D eigenvalue weighted by atomic mass is 16.5. The number of hydrogen-bond acceptors (Lipinski definition) is 5. The van der Waals surface area contributed by atoms with Crippen LogP contribution in [0.3, 0.4) is 0 Å². The Bertz CT molecular complexity index is 1480. The molecular weight excluding hydrogens is 464 g/mol. The average molecular weight is 495 g/mol. The molecule has 1 aliphatic heterocycles. The lowest BCUT2D eigenvalue weighted by Gasteiger charge is -2.18. The molecule has 1 aromatic heterocycles. The predicted molar refractivity (Wildman–Crippen MR) is 146 cm³/mol. The summed E-state index contributed by atoms with van der Waals surface area (Å²) in [6, 6.07) is 20.8. The second kappa shape index (κ2) is 10.9. The number of allylic oxidation sites excluding steroid dienone is 2. The molecule has 0 unspecified atom stereocenters. The number of ether oxygens (including phenoxy) is 2. The Morgan fingerprint density at radius 2 is 1.78 bits per heavy atom. The van der Waals surface area contributed by atoms with Crippen LogP contribution in [-0.4, -0.2) is 24.1 Å². The molecule has 5 nitrogen and oxygen atoms in total. The number of ketones is 1. The number of aliphatic hydroxyl groups is 1. The van der Waals surface area contributed by atoms with Crippen molar-refractivity contribution >= 4 is 22.3 Å². The van der Waals surface area contributed by atoms with E-state index < -0.39 is 0 Å². The Kier molecular flexibility index (Phi) is 7.24. The molecule has 0 saturated heterocycles. The molecule has 1 N–H and O–H groups in total. The zero-order valence-electron chi connectivity index (χ0n) is 21.0. The zero-order chi connectivity index (χ0) is 25.8. The average Bonchev–Trinajstić information content (AvgIpc) is 3.31. The Morgan fingerprint density at radius 3 is 2.59 bits per heavy atom. The third kappa shape index (κ3) is 5.09. The van der Waals surface area contributed by atoms with E-state index in [0.29, 0.717) is 40.6 Å². The molecule has 2 heterocycles. The number of benzene rings is 3. The fourth-order valence-corrected chi connectivity index (χ4v) is 4.71. The van der Waals surface area contributed by atoms with E-state index in [0.717, 1.165) is 47.8 Å². The number of hydrogen-bond donors (Lipinski definition) is 1. The minimum absolute atomic E-state index is 0.220. The van der Waals surface area contributed by atoms with Crippen LogP contribution in [0.15, 0.2) is 89.6 Å². The molecule has 0 atom stereocenters. The van der Waals surface area contributed by atoms with Crippen LogP contribution in [0.1, 0.15) is 54.3 Å². The van der Waals surface area contributed by atoms with E-state index in [1.165, 1.54) is 0 Å². The number of carbonyl (C=O) groups excluding carboxylic acids is 1. The summed E-state index contributed by atoms with van der Waals surface area (Å²) in [6.45, 7) is 6.79. The first-order chi connectivity index (χ1) is 18.1. The summed E-state index contributed by atoms with van der Waals surface area (Å²) in [7, 11) is 0. The van der Waals surface area contributed by atoms with Crippen molar-refractivity contribution in [3.8, 4) is 22.6 Å². The van der Waals surface area contributed by atoms with Crippen LogP contribution >= 0.6 is 0 Å². The van der Waals surface area contributed by atoms with Crippen LogP contribution in [0.25, 0.3) is 27.7 Å². The molecule has 0 aliphatic carbocycles. The van der Waals surface area contributed by atoms with Crippen molar-refractivity contribution in [3.63, 3.8) is 0 Å². The second-order valence-electron chi connectivity index (χ2n) is 9.23. The lowest BCUT2D eigenvalue weighted by molar-refractivity contribution is 0.101. The molecule has 188 valence electrons. The van der Waals surface area contributed by atoms with Gasteiger partial charge < -0.3 is 19.0 Å². The van der Waals surface area contributed by atoms with Crippen LogP contribution in [-0.2, 0) is 0 Å². The monoisotopic (exact) mass is 494 g/mol. The standard InChI is InChI=1S/C32H30O5/c1-21-19-22(2)36-31-26(21)15-16-27-29(31)28(23-11-6-5-7-12-23)32(37-27)30(34)24-13-10-14-25(20-24)35-18-9-4-3-8-17-33/h5-7,10-16,19-20,33H,2-4,8-9,17-18H2,1H3. The molecule has 0 fully saturated rings. The van der Waals surface area contributed by atoms with Crippen LogP contribution < -0.4 is 9.47 Å². The van der Waals surface area contributed by atoms with Crippen molar-refractivity contribution < 1.29 is 23.8 Å². The first kappa shape index (κ1) is 24.6. The summed E-state index contributed by atoms with van der Waals surface area (Å²) >= 11 is 0. The van der Waals surface area contributed by atoms with E-state index in [1.54, 1.807) is 12.1 Å². The van der Waals surface area contributed by atoms with E-state index in [1.807, 2.05) is 67.6 Å². The first-order valence-corrected chi connectivity index (χ1v) is 12.7. The molecular formula is C32H30O5. The molecule has 5 rings (SSSR count). The van der Waals surface area contributed by atoms with E-state index in [-0.39, 0.29) is 18.2 Å². The molecule has 0 spiro atoms. The molecule has 0 radical (unpaired) electrons. The number of unbranched alkanes of at least 4 members (excludes halogenated alkanes) is 3. The Labute approximate surface area is 216 Å². The van der Waals surface area contributed by atoms with Crippen LogP contribution in [0, 0.1) is 0 Å². The molecule has 5 heteroatoms. The van der Waals surface area contributed by atoms with Crippen molar-refractivity contribution in [1.29, 1.82) is 0 Å². The molecule has 0 bridgehead atoms. The normalized spacial score (nSPS) is 12.7. The number of furan rings is 1. The van der Waals surface area contributed by atoms with Gasteiger partial charge in [-0.1, -0.05) is 55.5 Å². The van der Waals surface area contributed by atoms with Gasteiger partial charge in [-0.3, -0.25) is 4.79 Å². The fraction of sp³-hybridized carbons (Fsp3) is 0.219. The Morgan fingerprint density at radius 1 is 0.973 bits per heavy atom. The van der Waals surface area contributed by atoms with Crippen LogP contribution in [0.4, 0.5) is 0 Å². The van der Waals surface area contributed by atoms with E-state index in [9.17, 15) is 4.79 Å². The smallest absolute Gasteiger partial charge is 0.229 e. The summed E-state index contributed by atoms with van der Waals surface area (Å²) in [5, 5.41) is 9.67. The highest BCUT2D eigenvalue weighted by molar-refractivity contribution is 6.17.